The predicted octanol–water partition coefficient (Wildman–Crippen LogP) is 8.87. The molecule has 0 bridgehead atoms. The maximum atomic E-state index is 13.0. The van der Waals surface area contributed by atoms with E-state index in [9.17, 15) is 26.3 Å². The lowest BCUT2D eigenvalue weighted by Crippen LogP contribution is -2.10. The molecule has 0 aliphatic heterocycles. The molecule has 0 saturated heterocycles. The Labute approximate surface area is 192 Å². The molecular weight excluding hydrogens is 458 g/mol. The molecule has 33 heavy (non-hydrogen) atoms. The summed E-state index contributed by atoms with van der Waals surface area (Å²) in [6.07, 6.45) is -2.96. The van der Waals surface area contributed by atoms with E-state index in [0.29, 0.717) is 15.7 Å². The first kappa shape index (κ1) is 23.7. The second-order valence-electron chi connectivity index (χ2n) is 8.25. The van der Waals surface area contributed by atoms with Gasteiger partial charge in [0.25, 0.3) is 0 Å². The van der Waals surface area contributed by atoms with E-state index >= 15 is 0 Å². The molecule has 1 aliphatic carbocycles. The van der Waals surface area contributed by atoms with E-state index in [1.165, 1.54) is 49.1 Å². The van der Waals surface area contributed by atoms with Crippen molar-refractivity contribution in [1.29, 1.82) is 0 Å². The molecule has 174 valence electrons. The molecule has 1 fully saturated rings. The number of hydrogen-bond donors (Lipinski definition) is 0. The summed E-state index contributed by atoms with van der Waals surface area (Å²) in [7, 11) is -0.833. The highest BCUT2D eigenvalue weighted by Gasteiger charge is 2.35. The molecule has 0 heterocycles. The minimum atomic E-state index is -4.45. The molecule has 3 aromatic carbocycles. The fourth-order valence-corrected chi connectivity index (χ4v) is 6.32. The van der Waals surface area contributed by atoms with Gasteiger partial charge in [-0.25, -0.2) is 0 Å². The molecule has 3 aromatic rings. The minimum Gasteiger partial charge on any atom is -0.166 e. The molecule has 0 spiro atoms. The molecule has 0 nitrogen and oxygen atoms in total. The second kappa shape index (κ2) is 9.45. The van der Waals surface area contributed by atoms with Crippen LogP contribution in [0.3, 0.4) is 0 Å². The summed E-state index contributed by atoms with van der Waals surface area (Å²) in [5, 5.41) is 0. The molecule has 4 rings (SSSR count). The zero-order valence-electron chi connectivity index (χ0n) is 17.7. The monoisotopic (exact) mass is 481 g/mol. The Balaban J connectivity index is 1.71. The highest BCUT2D eigenvalue weighted by Crippen LogP contribution is 2.38. The van der Waals surface area contributed by atoms with Crippen molar-refractivity contribution in [2.75, 3.05) is 0 Å². The van der Waals surface area contributed by atoms with Gasteiger partial charge in [-0.05, 0) is 85.0 Å². The Bertz CT molecular complexity index is 987. The predicted molar refractivity (Wildman–Crippen MR) is 117 cm³/mol. The van der Waals surface area contributed by atoms with Crippen LogP contribution in [-0.4, -0.2) is 0 Å². The van der Waals surface area contributed by atoms with Crippen LogP contribution in [-0.2, 0) is 23.2 Å². The first-order valence-electron chi connectivity index (χ1n) is 10.8. The van der Waals surface area contributed by atoms with Gasteiger partial charge in [-0.2, -0.15) is 26.3 Å². The van der Waals surface area contributed by atoms with Crippen molar-refractivity contribution in [2.24, 2.45) is 0 Å². The highest BCUT2D eigenvalue weighted by molar-refractivity contribution is 7.97. The summed E-state index contributed by atoms with van der Waals surface area (Å²) >= 11 is 0. The van der Waals surface area contributed by atoms with Crippen LogP contribution in [0.15, 0.2) is 87.5 Å². The number of hydrogen-bond acceptors (Lipinski definition) is 0. The number of benzene rings is 3. The van der Waals surface area contributed by atoms with Gasteiger partial charge in [0, 0.05) is 0 Å². The van der Waals surface area contributed by atoms with Gasteiger partial charge in [0.15, 0.2) is 14.7 Å². The van der Waals surface area contributed by atoms with Gasteiger partial charge in [-0.1, -0.05) is 31.4 Å². The minimum absolute atomic E-state index is 0.506. The lowest BCUT2D eigenvalue weighted by Gasteiger charge is -2.22. The van der Waals surface area contributed by atoms with Crippen LogP contribution in [0, 0.1) is 0 Å². The van der Waals surface area contributed by atoms with Crippen LogP contribution in [0.4, 0.5) is 26.3 Å². The van der Waals surface area contributed by atoms with Gasteiger partial charge in [-0.3, -0.25) is 0 Å². The molecule has 0 radical (unpaired) electrons. The lowest BCUT2D eigenvalue weighted by atomic mass is 9.84. The van der Waals surface area contributed by atoms with Gasteiger partial charge in [0.1, 0.15) is 0 Å². The molecule has 0 unspecified atom stereocenters. The maximum absolute atomic E-state index is 13.0. The molecule has 1 saturated carbocycles. The van der Waals surface area contributed by atoms with Crippen molar-refractivity contribution in [3.05, 3.63) is 89.5 Å². The number of alkyl halides is 6. The van der Waals surface area contributed by atoms with Crippen molar-refractivity contribution in [3.63, 3.8) is 0 Å². The zero-order valence-corrected chi connectivity index (χ0v) is 18.5. The van der Waals surface area contributed by atoms with Crippen LogP contribution in [0.25, 0.3) is 0 Å². The van der Waals surface area contributed by atoms with Gasteiger partial charge in [0.2, 0.25) is 0 Å². The van der Waals surface area contributed by atoms with Crippen molar-refractivity contribution in [3.8, 4) is 0 Å². The van der Waals surface area contributed by atoms with E-state index in [1.807, 2.05) is 12.1 Å². The van der Waals surface area contributed by atoms with Crippen molar-refractivity contribution >= 4 is 10.9 Å². The molecule has 0 N–H and O–H groups in total. The molecule has 7 heteroatoms. The largest absolute Gasteiger partial charge is 0.416 e. The van der Waals surface area contributed by atoms with E-state index in [4.69, 9.17) is 0 Å². The van der Waals surface area contributed by atoms with Gasteiger partial charge in [-0.15, -0.1) is 0 Å². The number of halogens is 6. The van der Waals surface area contributed by atoms with E-state index in [2.05, 4.69) is 12.1 Å². The maximum Gasteiger partial charge on any atom is 0.416 e. The Morgan fingerprint density at radius 3 is 1.24 bits per heavy atom. The summed E-state index contributed by atoms with van der Waals surface area (Å²) in [5.74, 6) is 0.506. The van der Waals surface area contributed by atoms with E-state index in [1.54, 1.807) is 0 Å². The average molecular weight is 482 g/mol. The summed E-state index contributed by atoms with van der Waals surface area (Å²) in [6, 6.07) is 17.8. The smallest absolute Gasteiger partial charge is 0.166 e. The van der Waals surface area contributed by atoms with Crippen LogP contribution in [0.2, 0.25) is 0 Å². The van der Waals surface area contributed by atoms with Crippen molar-refractivity contribution < 1.29 is 26.3 Å². The van der Waals surface area contributed by atoms with E-state index in [-0.39, 0.29) is 0 Å². The van der Waals surface area contributed by atoms with Gasteiger partial charge < -0.3 is 0 Å². The normalized spacial score (nSPS) is 15.7. The van der Waals surface area contributed by atoms with Gasteiger partial charge in [0.05, 0.1) is 22.0 Å². The fraction of sp³-hybridized carbons (Fsp3) is 0.308. The zero-order chi connectivity index (χ0) is 23.6. The Morgan fingerprint density at radius 2 is 0.879 bits per heavy atom. The molecule has 0 amide bonds. The van der Waals surface area contributed by atoms with Crippen LogP contribution < -0.4 is 0 Å². The van der Waals surface area contributed by atoms with Crippen LogP contribution in [0.5, 0.6) is 0 Å². The summed E-state index contributed by atoms with van der Waals surface area (Å²) in [4.78, 5) is 2.09. The first-order chi connectivity index (χ1) is 15.6. The van der Waals surface area contributed by atoms with Crippen molar-refractivity contribution in [1.82, 2.24) is 0 Å². The van der Waals surface area contributed by atoms with Crippen LogP contribution in [0.1, 0.15) is 54.7 Å². The standard InChI is InChI=1S/C26H23F6S/c27-25(28,29)20-8-14-23(15-9-20)33(24-16-10-21(11-17-24)26(30,31)32)22-12-6-19(7-13-22)18-4-2-1-3-5-18/h6-18H,1-5H2/q+1. The fourth-order valence-electron chi connectivity index (χ4n) is 4.28. The Hall–Kier alpha value is -2.41. The molecule has 0 aromatic heterocycles. The van der Waals surface area contributed by atoms with Crippen LogP contribution >= 0.6 is 0 Å². The summed E-state index contributed by atoms with van der Waals surface area (Å²) < 4.78 is 78.2. The topological polar surface area (TPSA) is 0 Å². The highest BCUT2D eigenvalue weighted by atomic mass is 32.2. The SMILES string of the molecule is FC(F)(F)c1ccc([S+](c2ccc(C3CCCCC3)cc2)c2ccc(C(F)(F)F)cc2)cc1. The number of rotatable bonds is 4. The van der Waals surface area contributed by atoms with E-state index < -0.39 is 34.4 Å². The third-order valence-electron chi connectivity index (χ3n) is 6.03. The quantitative estimate of drug-likeness (QED) is 0.258. The lowest BCUT2D eigenvalue weighted by molar-refractivity contribution is -0.138. The van der Waals surface area contributed by atoms with Crippen molar-refractivity contribution in [2.45, 2.75) is 65.1 Å². The summed E-state index contributed by atoms with van der Waals surface area (Å²) in [6.45, 7) is 0. The molecule has 1 aliphatic rings. The summed E-state index contributed by atoms with van der Waals surface area (Å²) in [5.41, 5.74) is -0.272. The van der Waals surface area contributed by atoms with E-state index in [0.717, 1.165) is 42.0 Å². The molecular formula is C26H23F6S+. The third-order valence-corrected chi connectivity index (χ3v) is 8.26. The van der Waals surface area contributed by atoms with Gasteiger partial charge >= 0.3 is 12.4 Å². The second-order valence-corrected chi connectivity index (χ2v) is 10.3. The first-order valence-corrected chi connectivity index (χ1v) is 12.0. The molecule has 0 atom stereocenters. The Morgan fingerprint density at radius 1 is 0.515 bits per heavy atom. The third kappa shape index (κ3) is 5.57. The average Bonchev–Trinajstić information content (AvgIpc) is 2.80. The Kier molecular flexibility index (Phi) is 6.80.